The lowest BCUT2D eigenvalue weighted by molar-refractivity contribution is -0.133. The SMILES string of the molecule is CC1CCC(N(C)C(=O)Cn2ncc3ccccc3c2=O)CC1. The molecule has 1 saturated carbocycles. The first-order valence-corrected chi connectivity index (χ1v) is 8.27. The third-order valence-electron chi connectivity index (χ3n) is 4.97. The number of fused-ring (bicyclic) bond motifs is 1. The molecule has 23 heavy (non-hydrogen) atoms. The van der Waals surface area contributed by atoms with Gasteiger partial charge in [0.05, 0.1) is 11.6 Å². The Morgan fingerprint density at radius 2 is 1.96 bits per heavy atom. The Morgan fingerprint density at radius 1 is 1.26 bits per heavy atom. The Bertz CT molecular complexity index is 760. The summed E-state index contributed by atoms with van der Waals surface area (Å²) in [6, 6.07) is 7.61. The summed E-state index contributed by atoms with van der Waals surface area (Å²) in [5.74, 6) is 0.703. The average Bonchev–Trinajstić information content (AvgIpc) is 2.57. The third-order valence-corrected chi connectivity index (χ3v) is 4.97. The van der Waals surface area contributed by atoms with Crippen LogP contribution >= 0.6 is 0 Å². The Morgan fingerprint density at radius 3 is 2.70 bits per heavy atom. The minimum absolute atomic E-state index is 0.00617. The molecule has 3 rings (SSSR count). The van der Waals surface area contributed by atoms with E-state index in [1.165, 1.54) is 4.68 Å². The molecule has 1 aliphatic carbocycles. The second-order valence-electron chi connectivity index (χ2n) is 6.61. The summed E-state index contributed by atoms with van der Waals surface area (Å²) in [6.07, 6.45) is 6.06. The molecule has 0 spiro atoms. The normalized spacial score (nSPS) is 21.3. The summed E-state index contributed by atoms with van der Waals surface area (Å²) in [5, 5.41) is 5.55. The van der Waals surface area contributed by atoms with Crippen molar-refractivity contribution in [2.45, 2.75) is 45.2 Å². The molecule has 0 bridgehead atoms. The lowest BCUT2D eigenvalue weighted by Crippen LogP contribution is -2.42. The molecule has 0 unspecified atom stereocenters. The number of amides is 1. The van der Waals surface area contributed by atoms with Crippen molar-refractivity contribution in [2.75, 3.05) is 7.05 Å². The van der Waals surface area contributed by atoms with Gasteiger partial charge in [-0.15, -0.1) is 0 Å². The highest BCUT2D eigenvalue weighted by atomic mass is 16.2. The van der Waals surface area contributed by atoms with Crippen molar-refractivity contribution in [3.63, 3.8) is 0 Å². The number of nitrogens with zero attached hydrogens (tertiary/aromatic N) is 3. The summed E-state index contributed by atoms with van der Waals surface area (Å²) in [5.41, 5.74) is -0.206. The molecule has 1 aromatic heterocycles. The first-order valence-electron chi connectivity index (χ1n) is 8.27. The monoisotopic (exact) mass is 313 g/mol. The van der Waals surface area contributed by atoms with Crippen LogP contribution in [0.1, 0.15) is 32.6 Å². The van der Waals surface area contributed by atoms with Crippen LogP contribution in [-0.2, 0) is 11.3 Å². The van der Waals surface area contributed by atoms with Crippen molar-refractivity contribution in [3.8, 4) is 0 Å². The number of rotatable bonds is 3. The molecule has 0 saturated heterocycles. The average molecular weight is 313 g/mol. The van der Waals surface area contributed by atoms with Crippen LogP contribution in [0, 0.1) is 5.92 Å². The fraction of sp³-hybridized carbons (Fsp3) is 0.500. The van der Waals surface area contributed by atoms with Crippen molar-refractivity contribution in [3.05, 3.63) is 40.8 Å². The van der Waals surface area contributed by atoms with Crippen LogP contribution in [-0.4, -0.2) is 33.7 Å². The van der Waals surface area contributed by atoms with Gasteiger partial charge in [-0.05, 0) is 37.7 Å². The van der Waals surface area contributed by atoms with Crippen LogP contribution < -0.4 is 5.56 Å². The van der Waals surface area contributed by atoms with Gasteiger partial charge in [0, 0.05) is 18.5 Å². The minimum Gasteiger partial charge on any atom is -0.341 e. The summed E-state index contributed by atoms with van der Waals surface area (Å²) < 4.78 is 1.27. The van der Waals surface area contributed by atoms with Gasteiger partial charge in [0.2, 0.25) is 5.91 Å². The zero-order chi connectivity index (χ0) is 16.4. The maximum atomic E-state index is 12.5. The minimum atomic E-state index is -0.206. The molecular formula is C18H23N3O2. The van der Waals surface area contributed by atoms with Crippen LogP contribution in [0.25, 0.3) is 10.8 Å². The van der Waals surface area contributed by atoms with Gasteiger partial charge in [0.25, 0.3) is 5.56 Å². The van der Waals surface area contributed by atoms with Crippen molar-refractivity contribution in [2.24, 2.45) is 5.92 Å². The quantitative estimate of drug-likeness (QED) is 0.874. The van der Waals surface area contributed by atoms with E-state index in [1.807, 2.05) is 25.2 Å². The number of aromatic nitrogens is 2. The molecule has 1 heterocycles. The van der Waals surface area contributed by atoms with Crippen LogP contribution in [0.3, 0.4) is 0 Å². The van der Waals surface area contributed by atoms with Gasteiger partial charge in [-0.1, -0.05) is 25.1 Å². The lowest BCUT2D eigenvalue weighted by atomic mass is 9.87. The second kappa shape index (κ2) is 6.52. The highest BCUT2D eigenvalue weighted by Gasteiger charge is 2.25. The summed E-state index contributed by atoms with van der Waals surface area (Å²) in [7, 11) is 1.84. The van der Waals surface area contributed by atoms with Crippen LogP contribution in [0.2, 0.25) is 0 Å². The predicted molar refractivity (Wildman–Crippen MR) is 90.2 cm³/mol. The first kappa shape index (κ1) is 15.7. The van der Waals surface area contributed by atoms with E-state index in [-0.39, 0.29) is 24.1 Å². The van der Waals surface area contributed by atoms with Gasteiger partial charge < -0.3 is 4.90 Å². The standard InChI is InChI=1S/C18H23N3O2/c1-13-7-9-15(10-8-13)20(2)17(22)12-21-18(23)16-6-4-3-5-14(16)11-19-21/h3-6,11,13,15H,7-10,12H2,1-2H3. The lowest BCUT2D eigenvalue weighted by Gasteiger charge is -2.33. The number of hydrogen-bond donors (Lipinski definition) is 0. The molecule has 2 aromatic rings. The second-order valence-corrected chi connectivity index (χ2v) is 6.61. The number of benzene rings is 1. The van der Waals surface area contributed by atoms with Gasteiger partial charge in [0.1, 0.15) is 6.54 Å². The molecule has 0 atom stereocenters. The van der Waals surface area contributed by atoms with Gasteiger partial charge in [-0.2, -0.15) is 5.10 Å². The highest BCUT2D eigenvalue weighted by molar-refractivity contribution is 5.81. The third kappa shape index (κ3) is 3.28. The number of likely N-dealkylation sites (N-methyl/N-ethyl adjacent to an activating group) is 1. The molecule has 5 heteroatoms. The molecule has 0 radical (unpaired) electrons. The number of carbonyl (C=O) groups is 1. The molecule has 0 N–H and O–H groups in total. The highest BCUT2D eigenvalue weighted by Crippen LogP contribution is 2.26. The number of hydrogen-bond acceptors (Lipinski definition) is 3. The first-order chi connectivity index (χ1) is 11.1. The Balaban J connectivity index is 1.75. The molecular weight excluding hydrogens is 290 g/mol. The van der Waals surface area contributed by atoms with E-state index in [1.54, 1.807) is 17.2 Å². The van der Waals surface area contributed by atoms with E-state index in [2.05, 4.69) is 12.0 Å². The zero-order valence-corrected chi connectivity index (χ0v) is 13.7. The Hall–Kier alpha value is -2.17. The van der Waals surface area contributed by atoms with E-state index < -0.39 is 0 Å². The van der Waals surface area contributed by atoms with E-state index >= 15 is 0 Å². The van der Waals surface area contributed by atoms with Crippen molar-refractivity contribution in [1.82, 2.24) is 14.7 Å². The van der Waals surface area contributed by atoms with Gasteiger partial charge in [0.15, 0.2) is 0 Å². The van der Waals surface area contributed by atoms with Gasteiger partial charge in [-0.25, -0.2) is 4.68 Å². The van der Waals surface area contributed by atoms with Crippen LogP contribution in [0.15, 0.2) is 35.3 Å². The van der Waals surface area contributed by atoms with Gasteiger partial charge in [-0.3, -0.25) is 9.59 Å². The van der Waals surface area contributed by atoms with Crippen molar-refractivity contribution >= 4 is 16.7 Å². The maximum Gasteiger partial charge on any atom is 0.275 e. The topological polar surface area (TPSA) is 55.2 Å². The molecule has 122 valence electrons. The molecule has 1 aliphatic rings. The van der Waals surface area contributed by atoms with Crippen molar-refractivity contribution in [1.29, 1.82) is 0 Å². The predicted octanol–water partition coefficient (Wildman–Crippen LogP) is 2.43. The molecule has 1 fully saturated rings. The van der Waals surface area contributed by atoms with Crippen LogP contribution in [0.4, 0.5) is 0 Å². The maximum absolute atomic E-state index is 12.5. The molecule has 0 aliphatic heterocycles. The van der Waals surface area contributed by atoms with E-state index in [0.717, 1.165) is 37.0 Å². The van der Waals surface area contributed by atoms with Crippen molar-refractivity contribution < 1.29 is 4.79 Å². The fourth-order valence-corrected chi connectivity index (χ4v) is 3.31. The fourth-order valence-electron chi connectivity index (χ4n) is 3.31. The number of carbonyl (C=O) groups excluding carboxylic acids is 1. The van der Waals surface area contributed by atoms with E-state index in [0.29, 0.717) is 5.39 Å². The summed E-state index contributed by atoms with van der Waals surface area (Å²) in [4.78, 5) is 26.7. The Labute approximate surface area is 135 Å². The van der Waals surface area contributed by atoms with Crippen LogP contribution in [0.5, 0.6) is 0 Å². The molecule has 1 aromatic carbocycles. The smallest absolute Gasteiger partial charge is 0.275 e. The largest absolute Gasteiger partial charge is 0.341 e. The zero-order valence-electron chi connectivity index (χ0n) is 13.7. The molecule has 1 amide bonds. The van der Waals surface area contributed by atoms with Gasteiger partial charge >= 0.3 is 0 Å². The van der Waals surface area contributed by atoms with E-state index in [4.69, 9.17) is 0 Å². The summed E-state index contributed by atoms with van der Waals surface area (Å²) in [6.45, 7) is 2.27. The molecule has 5 nitrogen and oxygen atoms in total. The van der Waals surface area contributed by atoms with E-state index in [9.17, 15) is 9.59 Å². The Kier molecular flexibility index (Phi) is 4.46. The summed E-state index contributed by atoms with van der Waals surface area (Å²) >= 11 is 0.